The van der Waals surface area contributed by atoms with E-state index in [-0.39, 0.29) is 0 Å². The van der Waals surface area contributed by atoms with Gasteiger partial charge in [0, 0.05) is 18.3 Å². The van der Waals surface area contributed by atoms with Crippen LogP contribution in [-0.2, 0) is 6.54 Å². The molecule has 4 heterocycles. The van der Waals surface area contributed by atoms with Gasteiger partial charge in [-0.05, 0) is 43.7 Å². The third kappa shape index (κ3) is 3.55. The lowest BCUT2D eigenvalue weighted by molar-refractivity contribution is 0.244. The predicted molar refractivity (Wildman–Crippen MR) is 97.4 cm³/mol. The highest BCUT2D eigenvalue weighted by atomic mass is 15.2. The highest BCUT2D eigenvalue weighted by molar-refractivity contribution is 5.55. The fourth-order valence-corrected chi connectivity index (χ4v) is 3.34. The molecule has 1 fully saturated rings. The first-order valence-electron chi connectivity index (χ1n) is 8.63. The first kappa shape index (κ1) is 16.2. The second-order valence-electron chi connectivity index (χ2n) is 6.35. The number of H-pyrrole nitrogens is 1. The van der Waals surface area contributed by atoms with E-state index >= 15 is 0 Å². The molecule has 2 N–H and O–H groups in total. The van der Waals surface area contributed by atoms with Gasteiger partial charge in [0.05, 0.1) is 29.8 Å². The molecule has 3 aromatic rings. The van der Waals surface area contributed by atoms with Crippen LogP contribution in [-0.4, -0.2) is 31.6 Å². The van der Waals surface area contributed by atoms with Crippen LogP contribution in [0.3, 0.4) is 0 Å². The topological polar surface area (TPSA) is 93.5 Å². The molecule has 7 nitrogen and oxygen atoms in total. The second kappa shape index (κ2) is 7.33. The van der Waals surface area contributed by atoms with Crippen molar-refractivity contribution in [1.29, 1.82) is 5.26 Å². The summed E-state index contributed by atoms with van der Waals surface area (Å²) in [6, 6.07) is 11.9. The minimum Gasteiger partial charge on any atom is -0.339 e. The molecule has 4 rings (SSSR count). The number of rotatable bonds is 5. The van der Waals surface area contributed by atoms with Crippen molar-refractivity contribution in [2.24, 2.45) is 0 Å². The van der Waals surface area contributed by atoms with E-state index in [1.807, 2.05) is 36.7 Å². The van der Waals surface area contributed by atoms with Gasteiger partial charge in [0.1, 0.15) is 17.6 Å². The predicted octanol–water partition coefficient (Wildman–Crippen LogP) is 3.15. The van der Waals surface area contributed by atoms with Gasteiger partial charge in [-0.25, -0.2) is 9.97 Å². The van der Waals surface area contributed by atoms with Gasteiger partial charge in [0.25, 0.3) is 0 Å². The van der Waals surface area contributed by atoms with Gasteiger partial charge >= 0.3 is 0 Å². The molecule has 0 spiro atoms. The molecule has 130 valence electrons. The van der Waals surface area contributed by atoms with E-state index in [9.17, 15) is 0 Å². The van der Waals surface area contributed by atoms with Crippen molar-refractivity contribution in [1.82, 2.24) is 25.1 Å². The van der Waals surface area contributed by atoms with E-state index in [4.69, 9.17) is 10.2 Å². The van der Waals surface area contributed by atoms with Crippen molar-refractivity contribution in [3.05, 3.63) is 65.9 Å². The lowest BCUT2D eigenvalue weighted by Crippen LogP contribution is -2.23. The Morgan fingerprint density at radius 2 is 2.23 bits per heavy atom. The highest BCUT2D eigenvalue weighted by Crippen LogP contribution is 2.32. The maximum absolute atomic E-state index is 8.84. The summed E-state index contributed by atoms with van der Waals surface area (Å²) in [6.45, 7) is 1.94. The Kier molecular flexibility index (Phi) is 4.58. The quantitative estimate of drug-likeness (QED) is 0.738. The van der Waals surface area contributed by atoms with Crippen LogP contribution in [0.25, 0.3) is 0 Å². The third-order valence-electron chi connectivity index (χ3n) is 4.57. The van der Waals surface area contributed by atoms with Gasteiger partial charge in [0.2, 0.25) is 0 Å². The summed E-state index contributed by atoms with van der Waals surface area (Å²) in [5, 5.41) is 19.0. The van der Waals surface area contributed by atoms with Gasteiger partial charge < -0.3 is 5.32 Å². The zero-order valence-corrected chi connectivity index (χ0v) is 14.3. The Balaban J connectivity index is 1.50. The molecule has 26 heavy (non-hydrogen) atoms. The average molecular weight is 345 g/mol. The molecule has 0 bridgehead atoms. The summed E-state index contributed by atoms with van der Waals surface area (Å²) >= 11 is 0. The van der Waals surface area contributed by atoms with Crippen molar-refractivity contribution in [2.45, 2.75) is 25.4 Å². The Labute approximate surface area is 151 Å². The van der Waals surface area contributed by atoms with E-state index in [0.29, 0.717) is 11.7 Å². The molecule has 0 aromatic carbocycles. The lowest BCUT2D eigenvalue weighted by atomic mass is 10.1. The normalized spacial score (nSPS) is 17.1. The molecule has 0 radical (unpaired) electrons. The van der Waals surface area contributed by atoms with Gasteiger partial charge in [-0.1, -0.05) is 6.07 Å². The Bertz CT molecular complexity index is 896. The summed E-state index contributed by atoms with van der Waals surface area (Å²) in [4.78, 5) is 11.3. The van der Waals surface area contributed by atoms with Crippen molar-refractivity contribution < 1.29 is 0 Å². The molecule has 1 unspecified atom stereocenters. The zero-order chi connectivity index (χ0) is 17.8. The summed E-state index contributed by atoms with van der Waals surface area (Å²) in [7, 11) is 0. The molecule has 0 aliphatic carbocycles. The number of anilines is 2. The van der Waals surface area contributed by atoms with Crippen LogP contribution in [0.15, 0.2) is 48.9 Å². The van der Waals surface area contributed by atoms with Crippen LogP contribution in [0, 0.1) is 11.3 Å². The maximum atomic E-state index is 8.84. The minimum atomic E-state index is 0.311. The number of nitrogens with zero attached hydrogens (tertiary/aromatic N) is 5. The Morgan fingerprint density at radius 3 is 3.00 bits per heavy atom. The zero-order valence-electron chi connectivity index (χ0n) is 14.3. The maximum Gasteiger partial charge on any atom is 0.140 e. The molecular weight excluding hydrogens is 326 g/mol. The number of hydrogen-bond acceptors (Lipinski definition) is 6. The van der Waals surface area contributed by atoms with Crippen molar-refractivity contribution in [3.63, 3.8) is 0 Å². The summed E-state index contributed by atoms with van der Waals surface area (Å²) in [5.41, 5.74) is 3.47. The van der Waals surface area contributed by atoms with Gasteiger partial charge in [-0.3, -0.25) is 10.00 Å². The summed E-state index contributed by atoms with van der Waals surface area (Å²) in [5.74, 6) is 0.782. The number of aromatic nitrogens is 4. The number of hydrogen-bond donors (Lipinski definition) is 2. The van der Waals surface area contributed by atoms with Crippen LogP contribution >= 0.6 is 0 Å². The molecule has 3 aromatic heterocycles. The fourth-order valence-electron chi connectivity index (χ4n) is 3.34. The number of likely N-dealkylation sites (tertiary alicyclic amines) is 1. The van der Waals surface area contributed by atoms with E-state index in [2.05, 4.69) is 31.5 Å². The van der Waals surface area contributed by atoms with Gasteiger partial charge in [-0.15, -0.1) is 0 Å². The summed E-state index contributed by atoms with van der Waals surface area (Å²) in [6.07, 6.45) is 7.74. The van der Waals surface area contributed by atoms with E-state index < -0.39 is 0 Å². The standard InChI is InChI=1S/C19H19N7/c20-9-15-6-7-16(12-21-15)24-19-5-1-3-17(25-19)18-4-2-8-26(18)13-14-10-22-23-11-14/h1,3,5-7,10-12,18H,2,4,8,13H2,(H,22,23)(H,24,25). The number of aromatic amines is 1. The number of nitrogens with one attached hydrogen (secondary N) is 2. The number of nitriles is 1. The molecule has 1 saturated heterocycles. The lowest BCUT2D eigenvalue weighted by Gasteiger charge is -2.23. The van der Waals surface area contributed by atoms with Crippen LogP contribution in [0.5, 0.6) is 0 Å². The van der Waals surface area contributed by atoms with Crippen molar-refractivity contribution in [3.8, 4) is 6.07 Å². The molecular formula is C19H19N7. The van der Waals surface area contributed by atoms with Gasteiger partial charge in [0.15, 0.2) is 0 Å². The van der Waals surface area contributed by atoms with Crippen LogP contribution in [0.4, 0.5) is 11.5 Å². The first-order chi connectivity index (χ1) is 12.8. The highest BCUT2D eigenvalue weighted by Gasteiger charge is 2.27. The van der Waals surface area contributed by atoms with E-state index in [1.54, 1.807) is 12.3 Å². The average Bonchev–Trinajstić information content (AvgIpc) is 3.35. The molecule has 1 atom stereocenters. The molecule has 1 aliphatic rings. The fraction of sp³-hybridized carbons (Fsp3) is 0.263. The summed E-state index contributed by atoms with van der Waals surface area (Å²) < 4.78 is 0. The molecule has 0 amide bonds. The SMILES string of the molecule is N#Cc1ccc(Nc2cccc(C3CCCN3Cc3cn[nH]c3)n2)cn1. The largest absolute Gasteiger partial charge is 0.339 e. The minimum absolute atomic E-state index is 0.311. The van der Waals surface area contributed by atoms with Gasteiger partial charge in [-0.2, -0.15) is 10.4 Å². The molecule has 7 heteroatoms. The Morgan fingerprint density at radius 1 is 1.27 bits per heavy atom. The number of pyridine rings is 2. The van der Waals surface area contributed by atoms with E-state index in [1.165, 1.54) is 12.0 Å². The Hall–Kier alpha value is -3.24. The van der Waals surface area contributed by atoms with Crippen molar-refractivity contribution in [2.75, 3.05) is 11.9 Å². The van der Waals surface area contributed by atoms with Crippen LogP contribution < -0.4 is 5.32 Å². The third-order valence-corrected chi connectivity index (χ3v) is 4.57. The monoisotopic (exact) mass is 345 g/mol. The van der Waals surface area contributed by atoms with Crippen LogP contribution in [0.2, 0.25) is 0 Å². The van der Waals surface area contributed by atoms with Crippen LogP contribution in [0.1, 0.15) is 35.8 Å². The first-order valence-corrected chi connectivity index (χ1v) is 8.63. The second-order valence-corrected chi connectivity index (χ2v) is 6.35. The van der Waals surface area contributed by atoms with Crippen molar-refractivity contribution >= 4 is 11.5 Å². The van der Waals surface area contributed by atoms with E-state index in [0.717, 1.165) is 36.7 Å². The molecule has 1 aliphatic heterocycles. The molecule has 0 saturated carbocycles. The smallest absolute Gasteiger partial charge is 0.140 e.